The van der Waals surface area contributed by atoms with Gasteiger partial charge >= 0.3 is 5.97 Å². The Bertz CT molecular complexity index is 1050. The smallest absolute Gasteiger partial charge is 0.326 e. The van der Waals surface area contributed by atoms with Crippen LogP contribution in [-0.4, -0.2) is 52.8 Å². The van der Waals surface area contributed by atoms with Gasteiger partial charge in [0.1, 0.15) is 17.7 Å². The molecule has 2 aromatic heterocycles. The third-order valence-electron chi connectivity index (χ3n) is 6.83. The van der Waals surface area contributed by atoms with E-state index in [1.54, 1.807) is 6.92 Å². The Morgan fingerprint density at radius 2 is 2.09 bits per heavy atom. The van der Waals surface area contributed by atoms with Gasteiger partial charge in [0.15, 0.2) is 0 Å². The van der Waals surface area contributed by atoms with Crippen molar-refractivity contribution >= 4 is 17.7 Å². The molecule has 0 saturated heterocycles. The highest BCUT2D eigenvalue weighted by atomic mass is 19.1. The summed E-state index contributed by atoms with van der Waals surface area (Å²) in [5, 5.41) is 15.5. The van der Waals surface area contributed by atoms with Crippen LogP contribution in [0.25, 0.3) is 0 Å². The fourth-order valence-electron chi connectivity index (χ4n) is 4.73. The van der Waals surface area contributed by atoms with E-state index in [4.69, 9.17) is 9.72 Å². The Hall–Kier alpha value is -3.07. The maximum atomic E-state index is 14.4. The maximum absolute atomic E-state index is 14.4. The van der Waals surface area contributed by atoms with Crippen molar-refractivity contribution in [3.05, 3.63) is 52.7 Å². The van der Waals surface area contributed by atoms with Gasteiger partial charge in [-0.25, -0.2) is 14.2 Å². The van der Waals surface area contributed by atoms with Crippen molar-refractivity contribution in [2.24, 2.45) is 0 Å². The number of nitrogens with one attached hydrogen (secondary N) is 2. The molecule has 1 aliphatic carbocycles. The van der Waals surface area contributed by atoms with Gasteiger partial charge in [0.2, 0.25) is 5.91 Å². The van der Waals surface area contributed by atoms with Gasteiger partial charge in [-0.2, -0.15) is 0 Å². The number of ether oxygens (including phenoxy) is 1. The first kappa shape index (κ1) is 25.0. The number of aliphatic carboxylic acids is 1. The van der Waals surface area contributed by atoms with Gasteiger partial charge < -0.3 is 20.5 Å². The number of pyridine rings is 2. The molecule has 1 amide bonds. The average Bonchev–Trinajstić information content (AvgIpc) is 3.64. The highest BCUT2D eigenvalue weighted by Crippen LogP contribution is 2.50. The lowest BCUT2D eigenvalue weighted by Crippen LogP contribution is -2.46. The highest BCUT2D eigenvalue weighted by Gasteiger charge is 2.54. The molecule has 3 N–H and O–H groups in total. The van der Waals surface area contributed by atoms with Crippen LogP contribution in [0.1, 0.15) is 60.9 Å². The van der Waals surface area contributed by atoms with Crippen LogP contribution >= 0.6 is 0 Å². The number of hydrogen-bond donors (Lipinski definition) is 3. The molecular formula is C26H33FN4O4. The summed E-state index contributed by atoms with van der Waals surface area (Å²) in [4.78, 5) is 33.2. The lowest BCUT2D eigenvalue weighted by molar-refractivity contribution is -0.142. The second-order valence-electron chi connectivity index (χ2n) is 9.46. The number of aryl methyl sites for hydroxylation is 3. The van der Waals surface area contributed by atoms with Crippen molar-refractivity contribution in [1.82, 2.24) is 15.3 Å². The fourth-order valence-corrected chi connectivity index (χ4v) is 4.73. The van der Waals surface area contributed by atoms with E-state index < -0.39 is 29.2 Å². The molecule has 2 aliphatic rings. The number of nitrogens with zero attached hydrogens (tertiary/aromatic N) is 2. The third kappa shape index (κ3) is 5.96. The zero-order chi connectivity index (χ0) is 24.8. The summed E-state index contributed by atoms with van der Waals surface area (Å²) in [5.41, 5.74) is 2.23. The van der Waals surface area contributed by atoms with E-state index in [-0.39, 0.29) is 13.0 Å². The van der Waals surface area contributed by atoms with Crippen LogP contribution in [0.5, 0.6) is 0 Å². The number of rotatable bonds is 12. The summed E-state index contributed by atoms with van der Waals surface area (Å²) < 4.78 is 20.0. The van der Waals surface area contributed by atoms with Gasteiger partial charge in [0, 0.05) is 43.6 Å². The number of carboxylic acids is 1. The number of carboxylic acid groups (broad SMARTS) is 1. The number of aromatic nitrogens is 2. The Kier molecular flexibility index (Phi) is 7.95. The van der Waals surface area contributed by atoms with E-state index in [9.17, 15) is 19.1 Å². The van der Waals surface area contributed by atoms with E-state index in [2.05, 4.69) is 27.8 Å². The van der Waals surface area contributed by atoms with Gasteiger partial charge in [-0.1, -0.05) is 6.07 Å². The number of fused-ring (bicyclic) bond motifs is 1. The first-order chi connectivity index (χ1) is 16.9. The zero-order valence-electron chi connectivity index (χ0n) is 20.1. The molecule has 2 aromatic rings. The first-order valence-electron chi connectivity index (χ1n) is 12.4. The number of carbonyl (C=O) groups excluding carboxylic acids is 1. The molecular weight excluding hydrogens is 451 g/mol. The summed E-state index contributed by atoms with van der Waals surface area (Å²) in [5.74, 6) is -1.11. The normalized spacial score (nSPS) is 16.6. The molecule has 1 saturated carbocycles. The molecule has 1 fully saturated rings. The van der Waals surface area contributed by atoms with E-state index in [0.717, 1.165) is 56.4 Å². The van der Waals surface area contributed by atoms with Crippen LogP contribution in [0.3, 0.4) is 0 Å². The summed E-state index contributed by atoms with van der Waals surface area (Å²) in [6.07, 6.45) is 8.56. The summed E-state index contributed by atoms with van der Waals surface area (Å²) in [7, 11) is 0. The number of anilines is 1. The molecule has 3 heterocycles. The fraction of sp³-hybridized carbons (Fsp3) is 0.538. The molecule has 0 aromatic carbocycles. The second-order valence-corrected chi connectivity index (χ2v) is 9.46. The molecule has 0 bridgehead atoms. The topological polar surface area (TPSA) is 113 Å². The largest absolute Gasteiger partial charge is 0.480 e. The SMILES string of the molecule is Cc1cncc(F)c1C1(C(=O)N[C@@H](CCOCCCCc2ccc3c(n2)NCCC3)C(=O)O)CC1. The Morgan fingerprint density at radius 1 is 1.26 bits per heavy atom. The van der Waals surface area contributed by atoms with Crippen molar-refractivity contribution in [1.29, 1.82) is 0 Å². The molecule has 35 heavy (non-hydrogen) atoms. The summed E-state index contributed by atoms with van der Waals surface area (Å²) in [6.45, 7) is 3.40. The number of halogens is 1. The van der Waals surface area contributed by atoms with Gasteiger partial charge in [0.25, 0.3) is 0 Å². The van der Waals surface area contributed by atoms with Crippen molar-refractivity contribution < 1.29 is 23.8 Å². The van der Waals surface area contributed by atoms with E-state index in [1.165, 1.54) is 11.8 Å². The van der Waals surface area contributed by atoms with Crippen LogP contribution in [-0.2, 0) is 32.6 Å². The minimum absolute atomic E-state index is 0.146. The molecule has 0 spiro atoms. The van der Waals surface area contributed by atoms with E-state index in [0.29, 0.717) is 30.6 Å². The van der Waals surface area contributed by atoms with Crippen LogP contribution in [0, 0.1) is 12.7 Å². The van der Waals surface area contributed by atoms with Crippen LogP contribution in [0.2, 0.25) is 0 Å². The zero-order valence-corrected chi connectivity index (χ0v) is 20.1. The van der Waals surface area contributed by atoms with Crippen molar-refractivity contribution in [2.75, 3.05) is 25.1 Å². The number of carbonyl (C=O) groups is 2. The predicted molar refractivity (Wildman–Crippen MR) is 129 cm³/mol. The predicted octanol–water partition coefficient (Wildman–Crippen LogP) is 3.31. The maximum Gasteiger partial charge on any atom is 0.326 e. The van der Waals surface area contributed by atoms with Gasteiger partial charge in [-0.3, -0.25) is 9.78 Å². The molecule has 8 nitrogen and oxygen atoms in total. The monoisotopic (exact) mass is 484 g/mol. The molecule has 188 valence electrons. The quantitative estimate of drug-likeness (QED) is 0.396. The first-order valence-corrected chi connectivity index (χ1v) is 12.4. The minimum Gasteiger partial charge on any atom is -0.480 e. The van der Waals surface area contributed by atoms with Crippen molar-refractivity contribution in [2.45, 2.75) is 69.7 Å². The Labute approximate surface area is 204 Å². The number of unbranched alkanes of at least 4 members (excludes halogenated alkanes) is 1. The third-order valence-corrected chi connectivity index (χ3v) is 6.83. The molecule has 0 radical (unpaired) electrons. The van der Waals surface area contributed by atoms with Crippen LogP contribution in [0.4, 0.5) is 10.2 Å². The van der Waals surface area contributed by atoms with Gasteiger partial charge in [-0.05, 0) is 69.1 Å². The Morgan fingerprint density at radius 3 is 2.83 bits per heavy atom. The Balaban J connectivity index is 1.19. The van der Waals surface area contributed by atoms with E-state index in [1.807, 2.05) is 0 Å². The van der Waals surface area contributed by atoms with E-state index >= 15 is 0 Å². The van der Waals surface area contributed by atoms with Crippen LogP contribution < -0.4 is 10.6 Å². The lowest BCUT2D eigenvalue weighted by atomic mass is 9.91. The average molecular weight is 485 g/mol. The summed E-state index contributed by atoms with van der Waals surface area (Å²) >= 11 is 0. The second kappa shape index (κ2) is 11.1. The lowest BCUT2D eigenvalue weighted by Gasteiger charge is -2.21. The van der Waals surface area contributed by atoms with Crippen molar-refractivity contribution in [3.8, 4) is 0 Å². The molecule has 1 atom stereocenters. The molecule has 9 heteroatoms. The number of hydrogen-bond acceptors (Lipinski definition) is 6. The van der Waals surface area contributed by atoms with Gasteiger partial charge in [0.05, 0.1) is 11.6 Å². The standard InChI is InChI=1S/C26H33FN4O4/c1-17-15-28-16-20(27)22(17)26(10-11-26)25(34)31-21(24(32)33)9-14-35-13-3-2-6-19-8-7-18-5-4-12-29-23(18)30-19/h7-8,15-16,21H,2-6,9-14H2,1H3,(H,29,30)(H,31,34)(H,32,33)/t21-/m0/s1. The number of amides is 1. The van der Waals surface area contributed by atoms with Crippen molar-refractivity contribution in [3.63, 3.8) is 0 Å². The highest BCUT2D eigenvalue weighted by molar-refractivity contribution is 5.94. The minimum atomic E-state index is -1.13. The molecule has 0 unspecified atom stereocenters. The van der Waals surface area contributed by atoms with Crippen LogP contribution in [0.15, 0.2) is 24.5 Å². The molecule has 4 rings (SSSR count). The molecule has 1 aliphatic heterocycles. The summed E-state index contributed by atoms with van der Waals surface area (Å²) in [6, 6.07) is 3.15. The van der Waals surface area contributed by atoms with Gasteiger partial charge in [-0.15, -0.1) is 0 Å².